The second-order valence-corrected chi connectivity index (χ2v) is 4.55. The lowest BCUT2D eigenvalue weighted by Gasteiger charge is -2.38. The molecule has 92 valence electrons. The quantitative estimate of drug-likeness (QED) is 0.849. The summed E-state index contributed by atoms with van der Waals surface area (Å²) in [5.74, 6) is -0.882. The van der Waals surface area contributed by atoms with Crippen LogP contribution >= 0.6 is 0 Å². The predicted octanol–water partition coefficient (Wildman–Crippen LogP) is 1.01. The number of hydrogen-bond acceptors (Lipinski definition) is 3. The zero-order chi connectivity index (χ0) is 12.3. The van der Waals surface area contributed by atoms with Gasteiger partial charge in [-0.1, -0.05) is 30.3 Å². The molecule has 1 heterocycles. The highest BCUT2D eigenvalue weighted by Gasteiger charge is 2.43. The van der Waals surface area contributed by atoms with Crippen molar-refractivity contribution in [1.82, 2.24) is 4.90 Å². The van der Waals surface area contributed by atoms with Gasteiger partial charge in [-0.25, -0.2) is 4.79 Å². The van der Waals surface area contributed by atoms with Gasteiger partial charge < -0.3 is 14.7 Å². The van der Waals surface area contributed by atoms with Gasteiger partial charge >= 0.3 is 5.97 Å². The third-order valence-electron chi connectivity index (χ3n) is 3.10. The van der Waals surface area contributed by atoms with Gasteiger partial charge in [-0.05, 0) is 12.6 Å². The monoisotopic (exact) mass is 235 g/mol. The van der Waals surface area contributed by atoms with Gasteiger partial charge in [0.2, 0.25) is 0 Å². The maximum atomic E-state index is 11.5. The number of ether oxygens (including phenoxy) is 1. The van der Waals surface area contributed by atoms with E-state index in [0.717, 1.165) is 12.1 Å². The molecule has 2 rings (SSSR count). The molecule has 1 fully saturated rings. The van der Waals surface area contributed by atoms with Gasteiger partial charge in [0.25, 0.3) is 0 Å². The van der Waals surface area contributed by atoms with Gasteiger partial charge in [0.1, 0.15) is 0 Å². The Morgan fingerprint density at radius 1 is 1.47 bits per heavy atom. The molecule has 4 nitrogen and oxygen atoms in total. The number of likely N-dealkylation sites (N-methyl/N-ethyl adjacent to an activating group) is 1. The molecule has 1 N–H and O–H groups in total. The molecule has 0 aromatic heterocycles. The maximum Gasteiger partial charge on any atom is 0.337 e. The number of aliphatic carboxylic acids is 1. The van der Waals surface area contributed by atoms with Crippen LogP contribution in [0.4, 0.5) is 0 Å². The smallest absolute Gasteiger partial charge is 0.337 e. The van der Waals surface area contributed by atoms with Gasteiger partial charge in [0.05, 0.1) is 6.61 Å². The lowest BCUT2D eigenvalue weighted by Crippen LogP contribution is -2.56. The van der Waals surface area contributed by atoms with Crippen LogP contribution in [0.5, 0.6) is 0 Å². The molecule has 17 heavy (non-hydrogen) atoms. The van der Waals surface area contributed by atoms with Crippen LogP contribution in [0.1, 0.15) is 5.56 Å². The van der Waals surface area contributed by atoms with Crippen molar-refractivity contribution in [3.63, 3.8) is 0 Å². The SMILES string of the molecule is CN1CCOC(Cc2ccccc2)(C(=O)O)C1. The topological polar surface area (TPSA) is 49.8 Å². The highest BCUT2D eigenvalue weighted by molar-refractivity contribution is 5.78. The number of carboxylic acids is 1. The number of morpholine rings is 1. The van der Waals surface area contributed by atoms with E-state index in [-0.39, 0.29) is 0 Å². The maximum absolute atomic E-state index is 11.5. The molecular formula is C13H17NO3. The predicted molar refractivity (Wildman–Crippen MR) is 64.0 cm³/mol. The Morgan fingerprint density at radius 3 is 2.76 bits per heavy atom. The Hall–Kier alpha value is -1.39. The molecule has 1 aliphatic rings. The summed E-state index contributed by atoms with van der Waals surface area (Å²) in [7, 11) is 1.92. The summed E-state index contributed by atoms with van der Waals surface area (Å²) < 4.78 is 5.56. The van der Waals surface area contributed by atoms with Crippen LogP contribution in [-0.2, 0) is 16.0 Å². The fraction of sp³-hybridized carbons (Fsp3) is 0.462. The highest BCUT2D eigenvalue weighted by atomic mass is 16.5. The van der Waals surface area contributed by atoms with Gasteiger partial charge in [-0.3, -0.25) is 0 Å². The van der Waals surface area contributed by atoms with E-state index >= 15 is 0 Å². The van der Waals surface area contributed by atoms with E-state index < -0.39 is 11.6 Å². The third-order valence-corrected chi connectivity index (χ3v) is 3.10. The van der Waals surface area contributed by atoms with E-state index in [9.17, 15) is 9.90 Å². The van der Waals surface area contributed by atoms with Crippen molar-refractivity contribution in [2.45, 2.75) is 12.0 Å². The van der Waals surface area contributed by atoms with Gasteiger partial charge in [0, 0.05) is 19.5 Å². The third kappa shape index (κ3) is 2.65. The summed E-state index contributed by atoms with van der Waals surface area (Å²) in [6, 6.07) is 9.62. The lowest BCUT2D eigenvalue weighted by atomic mass is 9.92. The summed E-state index contributed by atoms with van der Waals surface area (Å²) in [5.41, 5.74) is -0.112. The van der Waals surface area contributed by atoms with Crippen molar-refractivity contribution in [3.8, 4) is 0 Å². The number of benzene rings is 1. The van der Waals surface area contributed by atoms with E-state index in [1.807, 2.05) is 42.3 Å². The first kappa shape index (κ1) is 12.1. The van der Waals surface area contributed by atoms with Crippen LogP contribution in [-0.4, -0.2) is 48.3 Å². The highest BCUT2D eigenvalue weighted by Crippen LogP contribution is 2.23. The zero-order valence-electron chi connectivity index (χ0n) is 9.93. The molecule has 0 amide bonds. The van der Waals surface area contributed by atoms with Gasteiger partial charge in [-0.15, -0.1) is 0 Å². The fourth-order valence-corrected chi connectivity index (χ4v) is 2.20. The van der Waals surface area contributed by atoms with Gasteiger partial charge in [-0.2, -0.15) is 0 Å². The van der Waals surface area contributed by atoms with Crippen molar-refractivity contribution >= 4 is 5.97 Å². The van der Waals surface area contributed by atoms with E-state index in [4.69, 9.17) is 4.74 Å². The van der Waals surface area contributed by atoms with Crippen molar-refractivity contribution in [2.24, 2.45) is 0 Å². The first-order valence-corrected chi connectivity index (χ1v) is 5.72. The van der Waals surface area contributed by atoms with Crippen LogP contribution in [0.2, 0.25) is 0 Å². The fourth-order valence-electron chi connectivity index (χ4n) is 2.20. The molecule has 0 aliphatic carbocycles. The summed E-state index contributed by atoms with van der Waals surface area (Å²) in [6.07, 6.45) is 0.410. The van der Waals surface area contributed by atoms with Crippen LogP contribution in [0.15, 0.2) is 30.3 Å². The molecule has 0 spiro atoms. The molecule has 0 radical (unpaired) electrons. The second-order valence-electron chi connectivity index (χ2n) is 4.55. The minimum atomic E-state index is -1.10. The molecular weight excluding hydrogens is 218 g/mol. The number of nitrogens with zero attached hydrogens (tertiary/aromatic N) is 1. The Labute approximate surface area is 101 Å². The molecule has 1 aromatic rings. The normalized spacial score (nSPS) is 25.7. The minimum Gasteiger partial charge on any atom is -0.479 e. The Morgan fingerprint density at radius 2 is 2.18 bits per heavy atom. The molecule has 1 saturated heterocycles. The molecule has 0 bridgehead atoms. The molecule has 1 atom stereocenters. The van der Waals surface area contributed by atoms with Crippen LogP contribution < -0.4 is 0 Å². The van der Waals surface area contributed by atoms with Crippen LogP contribution in [0.3, 0.4) is 0 Å². The first-order valence-electron chi connectivity index (χ1n) is 5.72. The van der Waals surface area contributed by atoms with E-state index in [1.54, 1.807) is 0 Å². The standard InChI is InChI=1S/C13H17NO3/c1-14-7-8-17-13(10-14,12(15)16)9-11-5-3-2-4-6-11/h2-6H,7-10H2,1H3,(H,15,16). The zero-order valence-corrected chi connectivity index (χ0v) is 9.93. The van der Waals surface area contributed by atoms with Crippen molar-refractivity contribution in [3.05, 3.63) is 35.9 Å². The Bertz CT molecular complexity index is 393. The van der Waals surface area contributed by atoms with Crippen molar-refractivity contribution in [2.75, 3.05) is 26.7 Å². The van der Waals surface area contributed by atoms with Crippen molar-refractivity contribution in [1.29, 1.82) is 0 Å². The van der Waals surface area contributed by atoms with Crippen LogP contribution in [0.25, 0.3) is 0 Å². The number of hydrogen-bond donors (Lipinski definition) is 1. The number of rotatable bonds is 3. The average molecular weight is 235 g/mol. The Balaban J connectivity index is 2.20. The molecule has 1 aromatic carbocycles. The largest absolute Gasteiger partial charge is 0.479 e. The molecule has 0 saturated carbocycles. The number of carbonyl (C=O) groups is 1. The van der Waals surface area contributed by atoms with Gasteiger partial charge in [0.15, 0.2) is 5.60 Å². The number of carboxylic acid groups (broad SMARTS) is 1. The minimum absolute atomic E-state index is 0.410. The lowest BCUT2D eigenvalue weighted by molar-refractivity contribution is -0.176. The second kappa shape index (κ2) is 4.85. The summed E-state index contributed by atoms with van der Waals surface area (Å²) in [4.78, 5) is 13.5. The first-order chi connectivity index (χ1) is 8.12. The molecule has 1 unspecified atom stereocenters. The summed E-state index contributed by atoms with van der Waals surface area (Å²) in [5, 5.41) is 9.42. The summed E-state index contributed by atoms with van der Waals surface area (Å²) in [6.45, 7) is 1.68. The van der Waals surface area contributed by atoms with E-state index in [1.165, 1.54) is 0 Å². The molecule has 4 heteroatoms. The van der Waals surface area contributed by atoms with Crippen molar-refractivity contribution < 1.29 is 14.6 Å². The average Bonchev–Trinajstić information content (AvgIpc) is 2.30. The Kier molecular flexibility index (Phi) is 3.45. The van der Waals surface area contributed by atoms with E-state index in [2.05, 4.69) is 0 Å². The van der Waals surface area contributed by atoms with E-state index in [0.29, 0.717) is 19.6 Å². The summed E-state index contributed by atoms with van der Waals surface area (Å²) >= 11 is 0. The molecule has 1 aliphatic heterocycles. The van der Waals surface area contributed by atoms with Crippen LogP contribution in [0, 0.1) is 0 Å².